The molecule has 1 unspecified atom stereocenters. The van der Waals surface area contributed by atoms with Crippen LogP contribution in [0.4, 0.5) is 0 Å². The molecule has 0 saturated heterocycles. The number of carbonyl (C=O) groups is 2. The van der Waals surface area contributed by atoms with E-state index in [1.807, 2.05) is 18.2 Å². The molecular formula is C22H30O8. The molecule has 0 aliphatic heterocycles. The van der Waals surface area contributed by atoms with Gasteiger partial charge in [0, 0.05) is 11.1 Å². The zero-order valence-electron chi connectivity index (χ0n) is 17.6. The molecule has 1 rings (SSSR count). The highest BCUT2D eigenvalue weighted by atomic mass is 16.7. The van der Waals surface area contributed by atoms with Gasteiger partial charge in [0.1, 0.15) is 19.0 Å². The average molecular weight is 422 g/mol. The van der Waals surface area contributed by atoms with Crippen molar-refractivity contribution in [1.29, 1.82) is 0 Å². The van der Waals surface area contributed by atoms with Crippen LogP contribution < -0.4 is 4.74 Å². The SMILES string of the molecule is C=C(C)C(=O)OCCOCCOCCOCC(OC(=O)C(=C)C)Oc1ccccc1. The first-order valence-corrected chi connectivity index (χ1v) is 9.54. The molecule has 0 amide bonds. The highest BCUT2D eigenvalue weighted by Crippen LogP contribution is 2.12. The van der Waals surface area contributed by atoms with Crippen molar-refractivity contribution in [2.24, 2.45) is 0 Å². The molecule has 0 heterocycles. The van der Waals surface area contributed by atoms with E-state index in [9.17, 15) is 9.59 Å². The molecule has 30 heavy (non-hydrogen) atoms. The topological polar surface area (TPSA) is 89.5 Å². The van der Waals surface area contributed by atoms with Gasteiger partial charge in [-0.05, 0) is 26.0 Å². The average Bonchev–Trinajstić information content (AvgIpc) is 2.72. The van der Waals surface area contributed by atoms with Gasteiger partial charge in [0.25, 0.3) is 6.29 Å². The van der Waals surface area contributed by atoms with Crippen LogP contribution in [0.5, 0.6) is 5.75 Å². The van der Waals surface area contributed by atoms with Gasteiger partial charge in [0.2, 0.25) is 0 Å². The smallest absolute Gasteiger partial charge is 0.336 e. The molecule has 166 valence electrons. The van der Waals surface area contributed by atoms with Gasteiger partial charge in [-0.1, -0.05) is 31.4 Å². The van der Waals surface area contributed by atoms with Crippen LogP contribution >= 0.6 is 0 Å². The molecular weight excluding hydrogens is 392 g/mol. The summed E-state index contributed by atoms with van der Waals surface area (Å²) in [6.07, 6.45) is -0.901. The van der Waals surface area contributed by atoms with E-state index in [4.69, 9.17) is 28.4 Å². The lowest BCUT2D eigenvalue weighted by Crippen LogP contribution is -2.30. The van der Waals surface area contributed by atoms with E-state index in [1.54, 1.807) is 26.0 Å². The van der Waals surface area contributed by atoms with Gasteiger partial charge in [-0.3, -0.25) is 0 Å². The van der Waals surface area contributed by atoms with Gasteiger partial charge in [-0.25, -0.2) is 9.59 Å². The molecule has 0 spiro atoms. The van der Waals surface area contributed by atoms with Gasteiger partial charge in [0.05, 0.1) is 33.0 Å². The highest BCUT2D eigenvalue weighted by Gasteiger charge is 2.17. The second-order valence-corrected chi connectivity index (χ2v) is 6.26. The Morgan fingerprint density at radius 3 is 1.90 bits per heavy atom. The first kappa shape index (κ1) is 25.4. The van der Waals surface area contributed by atoms with Gasteiger partial charge in [0.15, 0.2) is 0 Å². The minimum absolute atomic E-state index is 0.0435. The highest BCUT2D eigenvalue weighted by molar-refractivity contribution is 5.87. The molecule has 1 atom stereocenters. The van der Waals surface area contributed by atoms with Crippen molar-refractivity contribution in [2.45, 2.75) is 20.1 Å². The first-order valence-electron chi connectivity index (χ1n) is 9.54. The zero-order valence-corrected chi connectivity index (χ0v) is 17.6. The van der Waals surface area contributed by atoms with Gasteiger partial charge in [-0.15, -0.1) is 0 Å². The maximum Gasteiger partial charge on any atom is 0.336 e. The van der Waals surface area contributed by atoms with Crippen molar-refractivity contribution < 1.29 is 38.0 Å². The molecule has 1 aromatic carbocycles. The third kappa shape index (κ3) is 12.0. The fourth-order valence-electron chi connectivity index (χ4n) is 1.90. The monoisotopic (exact) mass is 422 g/mol. The summed E-state index contributed by atoms with van der Waals surface area (Å²) in [5, 5.41) is 0. The molecule has 0 aromatic heterocycles. The van der Waals surface area contributed by atoms with Crippen LogP contribution in [0.2, 0.25) is 0 Å². The Kier molecular flexibility index (Phi) is 12.8. The molecule has 0 N–H and O–H groups in total. The molecule has 0 radical (unpaired) electrons. The van der Waals surface area contributed by atoms with Crippen molar-refractivity contribution in [2.75, 3.05) is 46.2 Å². The van der Waals surface area contributed by atoms with Crippen LogP contribution in [0, 0.1) is 0 Å². The standard InChI is InChI=1S/C22H30O8/c1-17(2)21(23)28-15-14-26-11-10-25-12-13-27-16-20(30-22(24)18(3)4)29-19-8-6-5-7-9-19/h5-9,20H,1,3,10-16H2,2,4H3. The van der Waals surface area contributed by atoms with Crippen LogP contribution in [0.15, 0.2) is 54.6 Å². The Morgan fingerprint density at radius 2 is 1.33 bits per heavy atom. The van der Waals surface area contributed by atoms with E-state index >= 15 is 0 Å². The third-order valence-corrected chi connectivity index (χ3v) is 3.40. The fourth-order valence-corrected chi connectivity index (χ4v) is 1.90. The molecule has 0 fully saturated rings. The Balaban J connectivity index is 2.14. The Hall–Kier alpha value is -2.68. The number of ether oxygens (including phenoxy) is 6. The van der Waals surface area contributed by atoms with Crippen molar-refractivity contribution in [1.82, 2.24) is 0 Å². The number of hydrogen-bond acceptors (Lipinski definition) is 8. The Labute approximate surface area is 177 Å². The van der Waals surface area contributed by atoms with Crippen LogP contribution in [0.1, 0.15) is 13.8 Å². The maximum atomic E-state index is 11.8. The predicted octanol–water partition coefficient (Wildman–Crippen LogP) is 2.68. The number of para-hydroxylation sites is 1. The molecule has 1 aromatic rings. The summed E-state index contributed by atoms with van der Waals surface area (Å²) < 4.78 is 31.9. The fraction of sp³-hybridized carbons (Fsp3) is 0.455. The van der Waals surface area contributed by atoms with Crippen molar-refractivity contribution in [3.8, 4) is 5.75 Å². The van der Waals surface area contributed by atoms with Gasteiger partial charge in [-0.2, -0.15) is 0 Å². The quantitative estimate of drug-likeness (QED) is 0.174. The van der Waals surface area contributed by atoms with Crippen molar-refractivity contribution >= 4 is 11.9 Å². The minimum Gasteiger partial charge on any atom is -0.460 e. The largest absolute Gasteiger partial charge is 0.460 e. The van der Waals surface area contributed by atoms with Crippen LogP contribution in [0.3, 0.4) is 0 Å². The number of benzene rings is 1. The molecule has 0 saturated carbocycles. The van der Waals surface area contributed by atoms with E-state index in [1.165, 1.54) is 0 Å². The third-order valence-electron chi connectivity index (χ3n) is 3.40. The second kappa shape index (κ2) is 15.2. The zero-order chi connectivity index (χ0) is 22.2. The van der Waals surface area contributed by atoms with E-state index < -0.39 is 18.2 Å². The first-order chi connectivity index (χ1) is 14.4. The summed E-state index contributed by atoms with van der Waals surface area (Å²) in [6.45, 7) is 12.0. The molecule has 8 nitrogen and oxygen atoms in total. The summed E-state index contributed by atoms with van der Waals surface area (Å²) in [5.41, 5.74) is 0.624. The molecule has 0 aliphatic carbocycles. The van der Waals surface area contributed by atoms with E-state index in [-0.39, 0.29) is 32.0 Å². The minimum atomic E-state index is -0.901. The van der Waals surface area contributed by atoms with Crippen molar-refractivity contribution in [3.63, 3.8) is 0 Å². The van der Waals surface area contributed by atoms with Crippen LogP contribution in [-0.2, 0) is 33.3 Å². The van der Waals surface area contributed by atoms with Crippen LogP contribution in [0.25, 0.3) is 0 Å². The van der Waals surface area contributed by atoms with Crippen molar-refractivity contribution in [3.05, 3.63) is 54.6 Å². The lowest BCUT2D eigenvalue weighted by Gasteiger charge is -2.19. The van der Waals surface area contributed by atoms with E-state index in [2.05, 4.69) is 13.2 Å². The summed E-state index contributed by atoms with van der Waals surface area (Å²) in [7, 11) is 0. The lowest BCUT2D eigenvalue weighted by molar-refractivity contribution is -0.167. The van der Waals surface area contributed by atoms with Gasteiger partial charge >= 0.3 is 11.9 Å². The summed E-state index contributed by atoms with van der Waals surface area (Å²) in [6, 6.07) is 8.99. The summed E-state index contributed by atoms with van der Waals surface area (Å²) in [4.78, 5) is 22.9. The number of hydrogen-bond donors (Lipinski definition) is 0. The number of carbonyl (C=O) groups excluding carboxylic acids is 2. The predicted molar refractivity (Wildman–Crippen MR) is 110 cm³/mol. The molecule has 0 aliphatic rings. The second-order valence-electron chi connectivity index (χ2n) is 6.26. The maximum absolute atomic E-state index is 11.8. The normalized spacial score (nSPS) is 11.4. The van der Waals surface area contributed by atoms with E-state index in [0.717, 1.165) is 0 Å². The summed E-state index contributed by atoms with van der Waals surface area (Å²) >= 11 is 0. The number of rotatable bonds is 16. The van der Waals surface area contributed by atoms with Crippen LogP contribution in [-0.4, -0.2) is 64.5 Å². The molecule has 8 heteroatoms. The number of esters is 2. The molecule has 0 bridgehead atoms. The lowest BCUT2D eigenvalue weighted by atomic mass is 10.3. The van der Waals surface area contributed by atoms with E-state index in [0.29, 0.717) is 31.1 Å². The van der Waals surface area contributed by atoms with Gasteiger partial charge < -0.3 is 28.4 Å². The summed E-state index contributed by atoms with van der Waals surface area (Å²) in [5.74, 6) is -0.430. The Bertz CT molecular complexity index is 671. The Morgan fingerprint density at radius 1 is 0.800 bits per heavy atom.